The summed E-state index contributed by atoms with van der Waals surface area (Å²) in [6.07, 6.45) is 4.60. The van der Waals surface area contributed by atoms with E-state index in [4.69, 9.17) is 14.2 Å². The van der Waals surface area contributed by atoms with Crippen LogP contribution in [-0.2, 0) is 14.9 Å². The largest absolute Gasteiger partial charge is 0.496 e. The van der Waals surface area contributed by atoms with Crippen LogP contribution in [-0.4, -0.2) is 59.6 Å². The quantitative estimate of drug-likeness (QED) is 0.186. The van der Waals surface area contributed by atoms with Gasteiger partial charge in [0.25, 0.3) is 0 Å². The maximum atomic E-state index is 5.58. The second-order valence-electron chi connectivity index (χ2n) is 6.91. The predicted molar refractivity (Wildman–Crippen MR) is 125 cm³/mol. The first-order valence-corrected chi connectivity index (χ1v) is 9.99. The van der Waals surface area contributed by atoms with Crippen LogP contribution in [0.5, 0.6) is 5.75 Å². The summed E-state index contributed by atoms with van der Waals surface area (Å²) in [5, 5.41) is 6.75. The molecular weight excluding hydrogens is 469 g/mol. The lowest BCUT2D eigenvalue weighted by Gasteiger charge is -2.21. The van der Waals surface area contributed by atoms with Gasteiger partial charge in [-0.25, -0.2) is 0 Å². The van der Waals surface area contributed by atoms with Gasteiger partial charge in [0.15, 0.2) is 5.96 Å². The average Bonchev–Trinajstić information content (AvgIpc) is 3.50. The number of rotatable bonds is 13. The predicted octanol–water partition coefficient (Wildman–Crippen LogP) is 3.34. The van der Waals surface area contributed by atoms with E-state index in [0.29, 0.717) is 19.8 Å². The Morgan fingerprint density at radius 2 is 1.79 bits per heavy atom. The fourth-order valence-electron chi connectivity index (χ4n) is 3.06. The summed E-state index contributed by atoms with van der Waals surface area (Å²) < 4.78 is 16.6. The van der Waals surface area contributed by atoms with Crippen molar-refractivity contribution >= 4 is 29.9 Å². The van der Waals surface area contributed by atoms with E-state index in [0.717, 1.165) is 44.2 Å². The minimum absolute atomic E-state index is 0. The van der Waals surface area contributed by atoms with E-state index in [1.807, 2.05) is 12.1 Å². The zero-order chi connectivity index (χ0) is 19.4. The lowest BCUT2D eigenvalue weighted by Crippen LogP contribution is -2.42. The summed E-state index contributed by atoms with van der Waals surface area (Å²) in [7, 11) is 3.53. The van der Waals surface area contributed by atoms with Crippen LogP contribution in [0.15, 0.2) is 29.3 Å². The van der Waals surface area contributed by atoms with Crippen molar-refractivity contribution in [2.24, 2.45) is 4.99 Å². The summed E-state index contributed by atoms with van der Waals surface area (Å²) in [5.74, 6) is 1.77. The molecule has 0 aliphatic heterocycles. The van der Waals surface area contributed by atoms with Gasteiger partial charge in [0.05, 0.1) is 26.9 Å². The fourth-order valence-corrected chi connectivity index (χ4v) is 3.06. The normalized spacial score (nSPS) is 14.9. The van der Waals surface area contributed by atoms with Crippen molar-refractivity contribution in [2.45, 2.75) is 38.0 Å². The summed E-state index contributed by atoms with van der Waals surface area (Å²) in [4.78, 5) is 4.31. The molecule has 28 heavy (non-hydrogen) atoms. The van der Waals surface area contributed by atoms with E-state index in [1.54, 1.807) is 14.2 Å². The molecule has 0 radical (unpaired) electrons. The molecule has 7 heteroatoms. The first kappa shape index (κ1) is 25.0. The number of unbranched alkanes of at least 4 members (excludes halogenated alkanes) is 1. The summed E-state index contributed by atoms with van der Waals surface area (Å²) in [6, 6.07) is 8.29. The topological polar surface area (TPSA) is 64.1 Å². The number of halogens is 1. The zero-order valence-corrected chi connectivity index (χ0v) is 19.8. The van der Waals surface area contributed by atoms with E-state index < -0.39 is 0 Å². The van der Waals surface area contributed by atoms with E-state index >= 15 is 0 Å². The molecule has 2 N–H and O–H groups in total. The van der Waals surface area contributed by atoms with Crippen LogP contribution < -0.4 is 15.4 Å². The zero-order valence-electron chi connectivity index (χ0n) is 17.5. The maximum Gasteiger partial charge on any atom is 0.191 e. The summed E-state index contributed by atoms with van der Waals surface area (Å²) >= 11 is 0. The van der Waals surface area contributed by atoms with Crippen molar-refractivity contribution in [3.63, 3.8) is 0 Å². The van der Waals surface area contributed by atoms with Gasteiger partial charge in [0, 0.05) is 37.7 Å². The minimum Gasteiger partial charge on any atom is -0.496 e. The van der Waals surface area contributed by atoms with Gasteiger partial charge in [-0.1, -0.05) is 31.5 Å². The molecule has 1 fully saturated rings. The van der Waals surface area contributed by atoms with Crippen LogP contribution in [0.25, 0.3) is 0 Å². The van der Waals surface area contributed by atoms with Gasteiger partial charge < -0.3 is 24.8 Å². The lowest BCUT2D eigenvalue weighted by molar-refractivity contribution is 0.0487. The SMILES string of the molecule is CCCCOCCOCCNC(=NC)NCC1(c2ccccc2OC)CC1.I. The van der Waals surface area contributed by atoms with Gasteiger partial charge in [-0.05, 0) is 25.3 Å². The molecule has 0 heterocycles. The second kappa shape index (κ2) is 14.0. The Balaban J connectivity index is 0.00000392. The molecule has 1 saturated carbocycles. The molecule has 1 aromatic carbocycles. The molecule has 0 spiro atoms. The molecule has 1 aromatic rings. The van der Waals surface area contributed by atoms with E-state index in [2.05, 4.69) is 34.7 Å². The monoisotopic (exact) mass is 505 g/mol. The molecule has 6 nitrogen and oxygen atoms in total. The van der Waals surface area contributed by atoms with Crippen LogP contribution in [0.2, 0.25) is 0 Å². The van der Waals surface area contributed by atoms with E-state index in [9.17, 15) is 0 Å². The number of hydrogen-bond donors (Lipinski definition) is 2. The minimum atomic E-state index is 0. The number of benzene rings is 1. The number of hydrogen-bond acceptors (Lipinski definition) is 4. The number of aliphatic imine (C=N–C) groups is 1. The molecule has 0 amide bonds. The molecule has 160 valence electrons. The smallest absolute Gasteiger partial charge is 0.191 e. The van der Waals surface area contributed by atoms with Gasteiger partial charge in [-0.2, -0.15) is 0 Å². The van der Waals surface area contributed by atoms with Gasteiger partial charge in [0.1, 0.15) is 5.75 Å². The van der Waals surface area contributed by atoms with Crippen LogP contribution in [0.3, 0.4) is 0 Å². The number of methoxy groups -OCH3 is 1. The van der Waals surface area contributed by atoms with E-state index in [-0.39, 0.29) is 29.4 Å². The number of para-hydroxylation sites is 1. The molecule has 2 rings (SSSR count). The number of ether oxygens (including phenoxy) is 3. The molecule has 1 aliphatic carbocycles. The Hall–Kier alpha value is -1.06. The average molecular weight is 505 g/mol. The van der Waals surface area contributed by atoms with Crippen LogP contribution in [0.4, 0.5) is 0 Å². The van der Waals surface area contributed by atoms with Crippen molar-refractivity contribution < 1.29 is 14.2 Å². The molecule has 0 bridgehead atoms. The number of nitrogens with one attached hydrogen (secondary N) is 2. The van der Waals surface area contributed by atoms with Crippen molar-refractivity contribution in [1.29, 1.82) is 0 Å². The third-order valence-electron chi connectivity index (χ3n) is 4.90. The third-order valence-corrected chi connectivity index (χ3v) is 4.90. The third kappa shape index (κ3) is 8.13. The number of nitrogens with zero attached hydrogens (tertiary/aromatic N) is 1. The first-order valence-electron chi connectivity index (χ1n) is 9.99. The Bertz CT molecular complexity index is 580. The van der Waals surface area contributed by atoms with E-state index in [1.165, 1.54) is 18.4 Å². The second-order valence-corrected chi connectivity index (χ2v) is 6.91. The van der Waals surface area contributed by atoms with Gasteiger partial charge in [0.2, 0.25) is 0 Å². The van der Waals surface area contributed by atoms with Gasteiger partial charge >= 0.3 is 0 Å². The van der Waals surface area contributed by atoms with Gasteiger partial charge in [-0.3, -0.25) is 4.99 Å². The summed E-state index contributed by atoms with van der Waals surface area (Å²) in [5.41, 5.74) is 1.43. The van der Waals surface area contributed by atoms with Crippen molar-refractivity contribution in [1.82, 2.24) is 10.6 Å². The molecular formula is C21H36IN3O3. The Morgan fingerprint density at radius 3 is 2.43 bits per heavy atom. The lowest BCUT2D eigenvalue weighted by atomic mass is 9.95. The maximum absolute atomic E-state index is 5.58. The highest BCUT2D eigenvalue weighted by Crippen LogP contribution is 2.50. The molecule has 0 atom stereocenters. The van der Waals surface area contributed by atoms with Crippen molar-refractivity contribution in [3.8, 4) is 5.75 Å². The molecule has 0 unspecified atom stereocenters. The fraction of sp³-hybridized carbons (Fsp3) is 0.667. The number of guanidine groups is 1. The highest BCUT2D eigenvalue weighted by Gasteiger charge is 2.45. The van der Waals surface area contributed by atoms with Crippen molar-refractivity contribution in [2.75, 3.05) is 53.7 Å². The van der Waals surface area contributed by atoms with Crippen LogP contribution in [0.1, 0.15) is 38.2 Å². The Kier molecular flexibility index (Phi) is 12.5. The Labute approximate surface area is 186 Å². The Morgan fingerprint density at radius 1 is 1.07 bits per heavy atom. The van der Waals surface area contributed by atoms with Crippen LogP contribution in [0, 0.1) is 0 Å². The van der Waals surface area contributed by atoms with Gasteiger partial charge in [-0.15, -0.1) is 24.0 Å². The first-order chi connectivity index (χ1) is 13.3. The van der Waals surface area contributed by atoms with Crippen molar-refractivity contribution in [3.05, 3.63) is 29.8 Å². The highest BCUT2D eigenvalue weighted by molar-refractivity contribution is 14.0. The molecule has 0 aromatic heterocycles. The standard InChI is InChI=1S/C21H35N3O3.HI/c1-4-5-13-26-15-16-27-14-12-23-20(22-2)24-17-21(10-11-21)18-8-6-7-9-19(18)25-3;/h6-9H,4-5,10-17H2,1-3H3,(H2,22,23,24);1H. The summed E-state index contributed by atoms with van der Waals surface area (Å²) in [6.45, 7) is 6.48. The highest BCUT2D eigenvalue weighted by atomic mass is 127. The molecule has 0 saturated heterocycles. The molecule has 1 aliphatic rings. The van der Waals surface area contributed by atoms with Crippen LogP contribution >= 0.6 is 24.0 Å².